The Bertz CT molecular complexity index is 726. The molecule has 1 aromatic heterocycles. The van der Waals surface area contributed by atoms with E-state index in [-0.39, 0.29) is 18.2 Å². The van der Waals surface area contributed by atoms with Crippen molar-refractivity contribution in [3.8, 4) is 0 Å². The number of aliphatic imine (C=N–C) groups is 1. The van der Waals surface area contributed by atoms with Gasteiger partial charge in [-0.2, -0.15) is 0 Å². The van der Waals surface area contributed by atoms with E-state index in [0.29, 0.717) is 12.6 Å². The van der Waals surface area contributed by atoms with Crippen LogP contribution in [0.2, 0.25) is 0 Å². The van der Waals surface area contributed by atoms with Gasteiger partial charge >= 0.3 is 6.09 Å². The second-order valence-corrected chi connectivity index (χ2v) is 9.14. The summed E-state index contributed by atoms with van der Waals surface area (Å²) in [5.41, 5.74) is -0.459. The van der Waals surface area contributed by atoms with Crippen molar-refractivity contribution < 1.29 is 9.53 Å². The molecule has 0 spiro atoms. The average Bonchev–Trinajstić information content (AvgIpc) is 3.22. The number of aromatic nitrogens is 3. The summed E-state index contributed by atoms with van der Waals surface area (Å²) < 4.78 is 7.69. The largest absolute Gasteiger partial charge is 0.444 e. The molecule has 3 heterocycles. The van der Waals surface area contributed by atoms with Crippen LogP contribution in [0.3, 0.4) is 0 Å². The number of nitrogens with one attached hydrogen (secondary N) is 2. The Kier molecular flexibility index (Phi) is 7.20. The summed E-state index contributed by atoms with van der Waals surface area (Å²) in [6.45, 7) is 12.1. The number of amides is 1. The van der Waals surface area contributed by atoms with Gasteiger partial charge in [-0.15, -0.1) is 10.2 Å². The molecule has 2 unspecified atom stereocenters. The van der Waals surface area contributed by atoms with Crippen LogP contribution in [0.15, 0.2) is 11.3 Å². The van der Waals surface area contributed by atoms with Gasteiger partial charge in [0.15, 0.2) is 5.96 Å². The van der Waals surface area contributed by atoms with Crippen molar-refractivity contribution in [2.75, 3.05) is 13.1 Å². The lowest BCUT2D eigenvalue weighted by atomic mass is 9.98. The van der Waals surface area contributed by atoms with Gasteiger partial charge < -0.3 is 24.8 Å². The van der Waals surface area contributed by atoms with Crippen molar-refractivity contribution in [2.45, 2.75) is 97.0 Å². The van der Waals surface area contributed by atoms with Gasteiger partial charge in [0.25, 0.3) is 0 Å². The fourth-order valence-corrected chi connectivity index (χ4v) is 4.43. The number of guanidine groups is 1. The molecular weight excluding hydrogens is 382 g/mol. The molecular formula is C21H37N7O2. The van der Waals surface area contributed by atoms with E-state index >= 15 is 0 Å². The number of hydrogen-bond acceptors (Lipinski definition) is 5. The third-order valence-corrected chi connectivity index (χ3v) is 5.65. The summed E-state index contributed by atoms with van der Waals surface area (Å²) in [6, 6.07) is 0.784. The van der Waals surface area contributed by atoms with Gasteiger partial charge in [0.2, 0.25) is 0 Å². The highest BCUT2D eigenvalue weighted by molar-refractivity contribution is 5.80. The summed E-state index contributed by atoms with van der Waals surface area (Å²) >= 11 is 0. The van der Waals surface area contributed by atoms with Crippen molar-refractivity contribution in [3.63, 3.8) is 0 Å². The second-order valence-electron chi connectivity index (χ2n) is 9.14. The minimum absolute atomic E-state index is 0.172. The van der Waals surface area contributed by atoms with Crippen molar-refractivity contribution >= 4 is 12.1 Å². The molecule has 2 aliphatic heterocycles. The van der Waals surface area contributed by atoms with E-state index in [1.54, 1.807) is 6.33 Å². The van der Waals surface area contributed by atoms with Crippen molar-refractivity contribution in [3.05, 3.63) is 12.2 Å². The van der Waals surface area contributed by atoms with E-state index in [2.05, 4.69) is 34.7 Å². The van der Waals surface area contributed by atoms with E-state index in [9.17, 15) is 4.79 Å². The average molecular weight is 420 g/mol. The second kappa shape index (κ2) is 9.66. The molecule has 9 heteroatoms. The van der Waals surface area contributed by atoms with Crippen LogP contribution < -0.4 is 10.6 Å². The van der Waals surface area contributed by atoms with E-state index in [1.165, 1.54) is 0 Å². The number of carbonyl (C=O) groups is 1. The number of ether oxygens (including phenoxy) is 1. The summed E-state index contributed by atoms with van der Waals surface area (Å²) in [5.74, 6) is 1.81. The molecule has 1 amide bonds. The first-order valence-corrected chi connectivity index (χ1v) is 11.2. The molecule has 0 radical (unpaired) electrons. The molecule has 2 N–H and O–H groups in total. The maximum atomic E-state index is 12.6. The Morgan fingerprint density at radius 3 is 2.57 bits per heavy atom. The fourth-order valence-electron chi connectivity index (χ4n) is 4.43. The third-order valence-electron chi connectivity index (χ3n) is 5.65. The monoisotopic (exact) mass is 419 g/mol. The Hall–Kier alpha value is -2.32. The first kappa shape index (κ1) is 22.4. The lowest BCUT2D eigenvalue weighted by molar-refractivity contribution is 0.00545. The molecule has 3 rings (SSSR count). The van der Waals surface area contributed by atoms with Crippen LogP contribution >= 0.6 is 0 Å². The van der Waals surface area contributed by atoms with Gasteiger partial charge in [0.1, 0.15) is 17.8 Å². The van der Waals surface area contributed by atoms with Gasteiger partial charge in [-0.1, -0.05) is 6.92 Å². The standard InChI is InChI=1S/C21H37N7O2/c1-6-18-26-24-14-27(18)11-10-23-19(22-7-2)25-15-12-16-8-9-17(13-15)28(16)20(29)30-21(3,4)5/h14-17H,6-13H2,1-5H3,(H2,22,23,25). The minimum Gasteiger partial charge on any atom is -0.444 e. The van der Waals surface area contributed by atoms with Crippen LogP contribution in [0.25, 0.3) is 0 Å². The molecule has 2 aliphatic rings. The zero-order chi connectivity index (χ0) is 21.7. The molecule has 2 atom stereocenters. The van der Waals surface area contributed by atoms with Gasteiger partial charge in [0.05, 0.1) is 6.54 Å². The number of fused-ring (bicyclic) bond motifs is 2. The normalized spacial score (nSPS) is 24.1. The van der Waals surface area contributed by atoms with Crippen LogP contribution in [0.5, 0.6) is 0 Å². The van der Waals surface area contributed by atoms with Gasteiger partial charge in [-0.25, -0.2) is 4.79 Å². The fraction of sp³-hybridized carbons (Fsp3) is 0.810. The zero-order valence-corrected chi connectivity index (χ0v) is 19.0. The predicted octanol–water partition coefficient (Wildman–Crippen LogP) is 2.33. The topological polar surface area (TPSA) is 96.7 Å². The SMILES string of the molecule is CCNC(=NCCn1cnnc1CC)NC1CC2CCC(C1)N2C(=O)OC(C)(C)C. The summed E-state index contributed by atoms with van der Waals surface area (Å²) in [4.78, 5) is 19.4. The Balaban J connectivity index is 1.56. The molecule has 1 aromatic rings. The first-order valence-electron chi connectivity index (χ1n) is 11.2. The van der Waals surface area contributed by atoms with Crippen molar-refractivity contribution in [1.29, 1.82) is 0 Å². The quantitative estimate of drug-likeness (QED) is 0.543. The third kappa shape index (κ3) is 5.64. The minimum atomic E-state index is -0.459. The lowest BCUT2D eigenvalue weighted by Gasteiger charge is -2.40. The van der Waals surface area contributed by atoms with Gasteiger partial charge in [-0.05, 0) is 53.4 Å². The molecule has 2 saturated heterocycles. The number of rotatable bonds is 6. The molecule has 0 aromatic carbocycles. The van der Waals surface area contributed by atoms with E-state index in [0.717, 1.165) is 57.0 Å². The summed E-state index contributed by atoms with van der Waals surface area (Å²) in [7, 11) is 0. The molecule has 30 heavy (non-hydrogen) atoms. The van der Waals surface area contributed by atoms with E-state index < -0.39 is 5.60 Å². The highest BCUT2D eigenvalue weighted by Gasteiger charge is 2.45. The number of carbonyl (C=O) groups excluding carboxylic acids is 1. The van der Waals surface area contributed by atoms with Crippen LogP contribution in [0, 0.1) is 0 Å². The highest BCUT2D eigenvalue weighted by Crippen LogP contribution is 2.36. The van der Waals surface area contributed by atoms with Crippen LogP contribution in [0.1, 0.15) is 66.1 Å². The van der Waals surface area contributed by atoms with Crippen LogP contribution in [0.4, 0.5) is 4.79 Å². The van der Waals surface area contributed by atoms with Gasteiger partial charge in [-0.3, -0.25) is 4.99 Å². The van der Waals surface area contributed by atoms with E-state index in [1.807, 2.05) is 30.2 Å². The number of piperidine rings is 1. The molecule has 9 nitrogen and oxygen atoms in total. The summed E-state index contributed by atoms with van der Waals surface area (Å²) in [5, 5.41) is 15.0. The highest BCUT2D eigenvalue weighted by atomic mass is 16.6. The Morgan fingerprint density at radius 2 is 1.97 bits per heavy atom. The van der Waals surface area contributed by atoms with Gasteiger partial charge in [0, 0.05) is 37.6 Å². The smallest absolute Gasteiger partial charge is 0.410 e. The van der Waals surface area contributed by atoms with Crippen molar-refractivity contribution in [2.24, 2.45) is 4.99 Å². The number of nitrogens with zero attached hydrogens (tertiary/aromatic N) is 5. The number of hydrogen-bond donors (Lipinski definition) is 2. The molecule has 2 fully saturated rings. The van der Waals surface area contributed by atoms with Crippen LogP contribution in [-0.4, -0.2) is 68.5 Å². The maximum Gasteiger partial charge on any atom is 0.410 e. The Labute approximate surface area is 179 Å². The lowest BCUT2D eigenvalue weighted by Crippen LogP contribution is -2.55. The molecule has 168 valence electrons. The summed E-state index contributed by atoms with van der Waals surface area (Å²) in [6.07, 6.45) is 6.39. The molecule has 2 bridgehead atoms. The maximum absolute atomic E-state index is 12.6. The predicted molar refractivity (Wildman–Crippen MR) is 116 cm³/mol. The first-order chi connectivity index (χ1) is 14.3. The molecule has 0 saturated carbocycles. The number of aryl methyl sites for hydroxylation is 1. The van der Waals surface area contributed by atoms with E-state index in [4.69, 9.17) is 9.73 Å². The van der Waals surface area contributed by atoms with Crippen LogP contribution in [-0.2, 0) is 17.7 Å². The molecule has 0 aliphatic carbocycles. The zero-order valence-electron chi connectivity index (χ0n) is 19.0. The van der Waals surface area contributed by atoms with Crippen molar-refractivity contribution in [1.82, 2.24) is 30.3 Å². The Morgan fingerprint density at radius 1 is 1.27 bits per heavy atom.